The monoisotopic (exact) mass is 248 g/mol. The predicted octanol–water partition coefficient (Wildman–Crippen LogP) is 4.02. The van der Waals surface area contributed by atoms with Crippen molar-refractivity contribution >= 4 is 15.9 Å². The van der Waals surface area contributed by atoms with Gasteiger partial charge in [0.25, 0.3) is 0 Å². The second-order valence-electron chi connectivity index (χ2n) is 4.00. The summed E-state index contributed by atoms with van der Waals surface area (Å²) in [5, 5.41) is 0. The van der Waals surface area contributed by atoms with E-state index in [0.717, 1.165) is 6.07 Å². The van der Waals surface area contributed by atoms with Gasteiger partial charge in [0, 0.05) is 0 Å². The third kappa shape index (κ3) is 2.27. The standard InChI is InChI=1S/C10H11BrF2/c1-10(2,3)6-4-9(13)7(11)5-8(6)12/h4-5H,1-3H3. The van der Waals surface area contributed by atoms with Gasteiger partial charge in [0.15, 0.2) is 0 Å². The molecule has 0 saturated carbocycles. The van der Waals surface area contributed by atoms with Gasteiger partial charge in [-0.15, -0.1) is 0 Å². The smallest absolute Gasteiger partial charge is 0.137 e. The Hall–Kier alpha value is -0.440. The highest BCUT2D eigenvalue weighted by Crippen LogP contribution is 2.28. The average Bonchev–Trinajstić information content (AvgIpc) is 1.94. The lowest BCUT2D eigenvalue weighted by atomic mass is 9.87. The fourth-order valence-electron chi connectivity index (χ4n) is 1.10. The molecule has 0 aliphatic rings. The Kier molecular flexibility index (Phi) is 2.76. The molecule has 1 rings (SSSR count). The molecule has 0 aliphatic heterocycles. The lowest BCUT2D eigenvalue weighted by Crippen LogP contribution is -2.14. The van der Waals surface area contributed by atoms with E-state index in [1.165, 1.54) is 6.07 Å². The van der Waals surface area contributed by atoms with Crippen molar-refractivity contribution in [3.8, 4) is 0 Å². The van der Waals surface area contributed by atoms with E-state index in [0.29, 0.717) is 5.56 Å². The average molecular weight is 249 g/mol. The second kappa shape index (κ2) is 3.37. The van der Waals surface area contributed by atoms with E-state index in [9.17, 15) is 8.78 Å². The summed E-state index contributed by atoms with van der Waals surface area (Å²) in [4.78, 5) is 0. The molecule has 0 bridgehead atoms. The van der Waals surface area contributed by atoms with Crippen LogP contribution < -0.4 is 0 Å². The van der Waals surface area contributed by atoms with E-state index in [2.05, 4.69) is 15.9 Å². The maximum atomic E-state index is 13.3. The Morgan fingerprint density at radius 2 is 1.62 bits per heavy atom. The maximum absolute atomic E-state index is 13.3. The molecule has 0 atom stereocenters. The van der Waals surface area contributed by atoms with E-state index < -0.39 is 5.82 Å². The molecule has 1 aromatic carbocycles. The normalized spacial score (nSPS) is 11.8. The fourth-order valence-corrected chi connectivity index (χ4v) is 1.41. The molecule has 0 saturated heterocycles. The molecular weight excluding hydrogens is 238 g/mol. The van der Waals surface area contributed by atoms with E-state index >= 15 is 0 Å². The van der Waals surface area contributed by atoms with Gasteiger partial charge in [-0.25, -0.2) is 8.78 Å². The molecular formula is C10H11BrF2. The van der Waals surface area contributed by atoms with Crippen LogP contribution in [0.15, 0.2) is 16.6 Å². The molecule has 3 heteroatoms. The highest BCUT2D eigenvalue weighted by Gasteiger charge is 2.20. The number of rotatable bonds is 0. The summed E-state index contributed by atoms with van der Waals surface area (Å²) in [6.45, 7) is 5.54. The molecule has 0 fully saturated rings. The summed E-state index contributed by atoms with van der Waals surface area (Å²) in [5.41, 5.74) is 0.0271. The number of hydrogen-bond donors (Lipinski definition) is 0. The Morgan fingerprint density at radius 1 is 1.08 bits per heavy atom. The molecule has 0 aromatic heterocycles. The van der Waals surface area contributed by atoms with Gasteiger partial charge in [-0.3, -0.25) is 0 Å². The summed E-state index contributed by atoms with van der Waals surface area (Å²) < 4.78 is 26.6. The molecule has 1 aromatic rings. The first-order valence-corrected chi connectivity index (χ1v) is 4.76. The highest BCUT2D eigenvalue weighted by atomic mass is 79.9. The fraction of sp³-hybridized carbons (Fsp3) is 0.400. The van der Waals surface area contributed by atoms with Crippen molar-refractivity contribution in [3.63, 3.8) is 0 Å². The van der Waals surface area contributed by atoms with Crippen LogP contribution in [0.4, 0.5) is 8.78 Å². The first kappa shape index (κ1) is 10.6. The molecule has 0 unspecified atom stereocenters. The van der Waals surface area contributed by atoms with Crippen LogP contribution in [0, 0.1) is 11.6 Å². The molecule has 0 nitrogen and oxygen atoms in total. The topological polar surface area (TPSA) is 0 Å². The van der Waals surface area contributed by atoms with Crippen LogP contribution in [-0.4, -0.2) is 0 Å². The Labute approximate surface area is 85.1 Å². The highest BCUT2D eigenvalue weighted by molar-refractivity contribution is 9.10. The molecule has 0 heterocycles. The quantitative estimate of drug-likeness (QED) is 0.609. The van der Waals surface area contributed by atoms with Crippen molar-refractivity contribution in [3.05, 3.63) is 33.8 Å². The van der Waals surface area contributed by atoms with Crippen LogP contribution in [0.25, 0.3) is 0 Å². The lowest BCUT2D eigenvalue weighted by molar-refractivity contribution is 0.509. The van der Waals surface area contributed by atoms with Crippen LogP contribution in [0.5, 0.6) is 0 Å². The zero-order chi connectivity index (χ0) is 10.2. The Bertz CT molecular complexity index is 326. The summed E-state index contributed by atoms with van der Waals surface area (Å²) in [5.74, 6) is -0.799. The largest absolute Gasteiger partial charge is 0.207 e. The van der Waals surface area contributed by atoms with E-state index in [1.807, 2.05) is 20.8 Å². The molecule has 0 radical (unpaired) electrons. The molecule has 0 spiro atoms. The predicted molar refractivity (Wildman–Crippen MR) is 52.8 cm³/mol. The van der Waals surface area contributed by atoms with E-state index in [-0.39, 0.29) is 15.7 Å². The second-order valence-corrected chi connectivity index (χ2v) is 4.85. The summed E-state index contributed by atoms with van der Waals surface area (Å²) in [6, 6.07) is 2.40. The van der Waals surface area contributed by atoms with Gasteiger partial charge >= 0.3 is 0 Å². The maximum Gasteiger partial charge on any atom is 0.137 e. The van der Waals surface area contributed by atoms with Crippen molar-refractivity contribution in [2.24, 2.45) is 0 Å². The molecule has 13 heavy (non-hydrogen) atoms. The van der Waals surface area contributed by atoms with Gasteiger partial charge in [0.05, 0.1) is 4.47 Å². The van der Waals surface area contributed by atoms with Crippen LogP contribution in [0.1, 0.15) is 26.3 Å². The molecule has 0 N–H and O–H groups in total. The van der Waals surface area contributed by atoms with E-state index in [1.54, 1.807) is 0 Å². The van der Waals surface area contributed by atoms with Gasteiger partial charge in [-0.2, -0.15) is 0 Å². The van der Waals surface area contributed by atoms with Gasteiger partial charge in [0.1, 0.15) is 11.6 Å². The minimum Gasteiger partial charge on any atom is -0.207 e. The van der Waals surface area contributed by atoms with Gasteiger partial charge < -0.3 is 0 Å². The third-order valence-electron chi connectivity index (χ3n) is 1.82. The van der Waals surface area contributed by atoms with Crippen molar-refractivity contribution in [2.75, 3.05) is 0 Å². The first-order valence-electron chi connectivity index (χ1n) is 3.97. The van der Waals surface area contributed by atoms with Crippen molar-refractivity contribution < 1.29 is 8.78 Å². The Morgan fingerprint density at radius 3 is 2.08 bits per heavy atom. The van der Waals surface area contributed by atoms with Crippen LogP contribution in [0.3, 0.4) is 0 Å². The van der Waals surface area contributed by atoms with Crippen molar-refractivity contribution in [2.45, 2.75) is 26.2 Å². The number of benzene rings is 1. The SMILES string of the molecule is CC(C)(C)c1cc(F)c(Br)cc1F. The van der Waals surface area contributed by atoms with Crippen LogP contribution in [0.2, 0.25) is 0 Å². The first-order chi connectivity index (χ1) is 5.82. The lowest BCUT2D eigenvalue weighted by Gasteiger charge is -2.19. The zero-order valence-corrected chi connectivity index (χ0v) is 9.37. The van der Waals surface area contributed by atoms with E-state index in [4.69, 9.17) is 0 Å². The molecule has 0 amide bonds. The van der Waals surface area contributed by atoms with Crippen molar-refractivity contribution in [1.82, 2.24) is 0 Å². The number of hydrogen-bond acceptors (Lipinski definition) is 0. The van der Waals surface area contributed by atoms with Gasteiger partial charge in [0.2, 0.25) is 0 Å². The summed E-state index contributed by atoms with van der Waals surface area (Å²) in [7, 11) is 0. The van der Waals surface area contributed by atoms with Crippen molar-refractivity contribution in [1.29, 1.82) is 0 Å². The van der Waals surface area contributed by atoms with Gasteiger partial charge in [-0.05, 0) is 39.0 Å². The number of halogens is 3. The Balaban J connectivity index is 3.32. The summed E-state index contributed by atoms with van der Waals surface area (Å²) >= 11 is 2.93. The third-order valence-corrected chi connectivity index (χ3v) is 2.43. The minimum absolute atomic E-state index is 0.165. The minimum atomic E-state index is -0.425. The molecule has 0 aliphatic carbocycles. The van der Waals surface area contributed by atoms with Crippen LogP contribution in [-0.2, 0) is 5.41 Å². The zero-order valence-electron chi connectivity index (χ0n) is 7.79. The van der Waals surface area contributed by atoms with Crippen LogP contribution >= 0.6 is 15.9 Å². The molecule has 72 valence electrons. The van der Waals surface area contributed by atoms with Gasteiger partial charge in [-0.1, -0.05) is 20.8 Å². The summed E-state index contributed by atoms with van der Waals surface area (Å²) in [6.07, 6.45) is 0.